The van der Waals surface area contributed by atoms with Gasteiger partial charge in [-0.05, 0) is 43.0 Å². The lowest BCUT2D eigenvalue weighted by Crippen LogP contribution is -2.22. The molecule has 0 saturated heterocycles. The summed E-state index contributed by atoms with van der Waals surface area (Å²) in [6.07, 6.45) is 7.16. The van der Waals surface area contributed by atoms with Gasteiger partial charge < -0.3 is 14.6 Å². The van der Waals surface area contributed by atoms with E-state index in [4.69, 9.17) is 4.74 Å². The van der Waals surface area contributed by atoms with Crippen molar-refractivity contribution < 1.29 is 4.74 Å². The lowest BCUT2D eigenvalue weighted by Gasteiger charge is -2.15. The number of aromatic nitrogens is 1. The minimum atomic E-state index is 0.522. The van der Waals surface area contributed by atoms with E-state index in [9.17, 15) is 0 Å². The van der Waals surface area contributed by atoms with Gasteiger partial charge in [0.05, 0.1) is 13.7 Å². The summed E-state index contributed by atoms with van der Waals surface area (Å²) in [4.78, 5) is 0. The molecular weight excluding hydrogens is 260 g/mol. The molecule has 21 heavy (non-hydrogen) atoms. The third-order valence-corrected chi connectivity index (χ3v) is 4.20. The molecule has 1 fully saturated rings. The van der Waals surface area contributed by atoms with E-state index in [1.165, 1.54) is 24.0 Å². The van der Waals surface area contributed by atoms with Crippen molar-refractivity contribution in [2.24, 2.45) is 5.92 Å². The monoisotopic (exact) mass is 284 g/mol. The molecule has 0 aliphatic heterocycles. The van der Waals surface area contributed by atoms with Crippen molar-refractivity contribution in [1.29, 1.82) is 0 Å². The predicted molar refractivity (Wildman–Crippen MR) is 85.7 cm³/mol. The first-order valence-corrected chi connectivity index (χ1v) is 7.82. The Morgan fingerprint density at radius 1 is 1.29 bits per heavy atom. The van der Waals surface area contributed by atoms with Gasteiger partial charge in [-0.2, -0.15) is 0 Å². The van der Waals surface area contributed by atoms with Gasteiger partial charge in [0.15, 0.2) is 0 Å². The van der Waals surface area contributed by atoms with Crippen molar-refractivity contribution in [3.05, 3.63) is 53.9 Å². The summed E-state index contributed by atoms with van der Waals surface area (Å²) in [5.74, 6) is 1.78. The molecule has 3 heteroatoms. The number of benzene rings is 1. The molecule has 3 nitrogen and oxygen atoms in total. The highest BCUT2D eigenvalue weighted by atomic mass is 16.5. The lowest BCUT2D eigenvalue weighted by molar-refractivity contribution is 0.408. The van der Waals surface area contributed by atoms with Gasteiger partial charge in [-0.3, -0.25) is 0 Å². The summed E-state index contributed by atoms with van der Waals surface area (Å²) in [5, 5.41) is 3.62. The minimum absolute atomic E-state index is 0.522. The molecule has 3 rings (SSSR count). The Morgan fingerprint density at radius 3 is 2.81 bits per heavy atom. The number of hydrogen-bond acceptors (Lipinski definition) is 2. The van der Waals surface area contributed by atoms with Crippen molar-refractivity contribution in [1.82, 2.24) is 9.88 Å². The van der Waals surface area contributed by atoms with Gasteiger partial charge >= 0.3 is 0 Å². The summed E-state index contributed by atoms with van der Waals surface area (Å²) in [7, 11) is 1.73. The van der Waals surface area contributed by atoms with Crippen LogP contribution in [0.3, 0.4) is 0 Å². The molecule has 0 bridgehead atoms. The fourth-order valence-corrected chi connectivity index (χ4v) is 2.98. The molecule has 0 spiro atoms. The zero-order valence-corrected chi connectivity index (χ0v) is 12.9. The second-order valence-electron chi connectivity index (χ2n) is 5.80. The van der Waals surface area contributed by atoms with E-state index in [-0.39, 0.29) is 0 Å². The van der Waals surface area contributed by atoms with Crippen molar-refractivity contribution in [3.63, 3.8) is 0 Å². The number of methoxy groups -OCH3 is 1. The molecule has 1 aliphatic carbocycles. The first-order valence-electron chi connectivity index (χ1n) is 7.82. The van der Waals surface area contributed by atoms with E-state index in [0.29, 0.717) is 6.04 Å². The van der Waals surface area contributed by atoms with Gasteiger partial charge in [-0.1, -0.05) is 25.1 Å². The molecule has 112 valence electrons. The van der Waals surface area contributed by atoms with Gasteiger partial charge in [-0.15, -0.1) is 0 Å². The van der Waals surface area contributed by atoms with Crippen LogP contribution < -0.4 is 10.1 Å². The van der Waals surface area contributed by atoms with Crippen molar-refractivity contribution >= 4 is 0 Å². The minimum Gasteiger partial charge on any atom is -0.496 e. The third kappa shape index (κ3) is 3.30. The number of nitrogens with one attached hydrogen (secondary N) is 1. The lowest BCUT2D eigenvalue weighted by atomic mass is 10.1. The Hall–Kier alpha value is -1.74. The van der Waals surface area contributed by atoms with Crippen LogP contribution in [0.4, 0.5) is 0 Å². The second-order valence-corrected chi connectivity index (χ2v) is 5.80. The molecule has 1 saturated carbocycles. The van der Waals surface area contributed by atoms with E-state index < -0.39 is 0 Å². The Labute approximate surface area is 126 Å². The van der Waals surface area contributed by atoms with Gasteiger partial charge in [-0.25, -0.2) is 0 Å². The SMILES string of the molecule is CCNC(c1ccn(Cc2ccccc2OC)c1)C1CC1. The average molecular weight is 284 g/mol. The predicted octanol–water partition coefficient (Wildman–Crippen LogP) is 3.61. The Morgan fingerprint density at radius 2 is 2.10 bits per heavy atom. The second kappa shape index (κ2) is 6.35. The van der Waals surface area contributed by atoms with Crippen LogP contribution in [0, 0.1) is 5.92 Å². The molecule has 1 aromatic carbocycles. The van der Waals surface area contributed by atoms with Crippen LogP contribution in [0.5, 0.6) is 5.75 Å². The van der Waals surface area contributed by atoms with Gasteiger partial charge in [0.1, 0.15) is 5.75 Å². The molecule has 0 amide bonds. The van der Waals surface area contributed by atoms with Gasteiger partial charge in [0, 0.05) is 24.0 Å². The molecule has 1 aromatic heterocycles. The molecular formula is C18H24N2O. The van der Waals surface area contributed by atoms with E-state index >= 15 is 0 Å². The zero-order valence-electron chi connectivity index (χ0n) is 12.9. The highest BCUT2D eigenvalue weighted by Gasteiger charge is 2.32. The van der Waals surface area contributed by atoms with Crippen molar-refractivity contribution in [2.45, 2.75) is 32.4 Å². The van der Waals surface area contributed by atoms with Crippen LogP contribution >= 0.6 is 0 Å². The number of hydrogen-bond donors (Lipinski definition) is 1. The fraction of sp³-hybridized carbons (Fsp3) is 0.444. The summed E-state index contributed by atoms with van der Waals surface area (Å²) in [6.45, 7) is 4.06. The number of ether oxygens (including phenoxy) is 1. The average Bonchev–Trinajstić information content (AvgIpc) is 3.25. The van der Waals surface area contributed by atoms with E-state index in [1.807, 2.05) is 12.1 Å². The number of nitrogens with zero attached hydrogens (tertiary/aromatic N) is 1. The maximum absolute atomic E-state index is 5.43. The van der Waals surface area contributed by atoms with Crippen LogP contribution in [0.1, 0.15) is 36.9 Å². The van der Waals surface area contributed by atoms with E-state index in [1.54, 1.807) is 7.11 Å². The summed E-state index contributed by atoms with van der Waals surface area (Å²) in [6, 6.07) is 11.0. The fourth-order valence-electron chi connectivity index (χ4n) is 2.98. The molecule has 1 N–H and O–H groups in total. The number of para-hydroxylation sites is 1. The van der Waals surface area contributed by atoms with Gasteiger partial charge in [0.2, 0.25) is 0 Å². The normalized spacial score (nSPS) is 15.9. The van der Waals surface area contributed by atoms with Crippen molar-refractivity contribution in [2.75, 3.05) is 13.7 Å². The largest absolute Gasteiger partial charge is 0.496 e. The van der Waals surface area contributed by atoms with Crippen LogP contribution in [0.2, 0.25) is 0 Å². The Balaban J connectivity index is 1.75. The first kappa shape index (κ1) is 14.2. The van der Waals surface area contributed by atoms with Crippen LogP contribution in [-0.2, 0) is 6.54 Å². The Kier molecular flexibility index (Phi) is 4.30. The highest BCUT2D eigenvalue weighted by molar-refractivity contribution is 5.33. The van der Waals surface area contributed by atoms with E-state index in [0.717, 1.165) is 24.8 Å². The van der Waals surface area contributed by atoms with Crippen LogP contribution in [-0.4, -0.2) is 18.2 Å². The summed E-state index contributed by atoms with van der Waals surface area (Å²) >= 11 is 0. The Bertz CT molecular complexity index is 586. The highest BCUT2D eigenvalue weighted by Crippen LogP contribution is 2.41. The molecule has 1 atom stereocenters. The van der Waals surface area contributed by atoms with Crippen LogP contribution in [0.15, 0.2) is 42.7 Å². The van der Waals surface area contributed by atoms with Gasteiger partial charge in [0.25, 0.3) is 0 Å². The van der Waals surface area contributed by atoms with Crippen molar-refractivity contribution in [3.8, 4) is 5.75 Å². The summed E-state index contributed by atoms with van der Waals surface area (Å²) < 4.78 is 7.68. The number of rotatable bonds is 7. The zero-order chi connectivity index (χ0) is 14.7. The quantitative estimate of drug-likeness (QED) is 0.840. The third-order valence-electron chi connectivity index (χ3n) is 4.20. The van der Waals surface area contributed by atoms with Crippen LogP contribution in [0.25, 0.3) is 0 Å². The smallest absolute Gasteiger partial charge is 0.123 e. The maximum atomic E-state index is 5.43. The standard InChI is InChI=1S/C18H24N2O/c1-3-19-18(14-8-9-14)16-10-11-20(13-16)12-15-6-4-5-7-17(15)21-2/h4-7,10-11,13-14,18-19H,3,8-9,12H2,1-2H3. The molecule has 1 unspecified atom stereocenters. The first-order chi connectivity index (χ1) is 10.3. The molecule has 1 heterocycles. The molecule has 2 aromatic rings. The maximum Gasteiger partial charge on any atom is 0.123 e. The molecule has 0 radical (unpaired) electrons. The summed E-state index contributed by atoms with van der Waals surface area (Å²) in [5.41, 5.74) is 2.63. The van der Waals surface area contributed by atoms with E-state index in [2.05, 4.69) is 47.4 Å². The molecule has 1 aliphatic rings. The topological polar surface area (TPSA) is 26.2 Å².